The Kier molecular flexibility index (Phi) is 8.72. The van der Waals surface area contributed by atoms with Crippen molar-refractivity contribution in [2.45, 2.75) is 26.3 Å². The van der Waals surface area contributed by atoms with E-state index in [1.54, 1.807) is 24.3 Å². The van der Waals surface area contributed by atoms with Crippen LogP contribution in [-0.4, -0.2) is 31.1 Å². The van der Waals surface area contributed by atoms with E-state index in [1.165, 1.54) is 0 Å². The second-order valence-electron chi connectivity index (χ2n) is 7.56. The summed E-state index contributed by atoms with van der Waals surface area (Å²) in [6.45, 7) is 6.03. The average Bonchev–Trinajstić information content (AvgIpc) is 2.82. The van der Waals surface area contributed by atoms with Gasteiger partial charge in [-0.15, -0.1) is 0 Å². The largest absolute Gasteiger partial charge is 0.372 e. The quantitative estimate of drug-likeness (QED) is 0.388. The zero-order chi connectivity index (χ0) is 23.6. The molecule has 1 atom stereocenters. The van der Waals surface area contributed by atoms with Gasteiger partial charge in [0.1, 0.15) is 6.04 Å². The van der Waals surface area contributed by atoms with Gasteiger partial charge in [0.25, 0.3) is 0 Å². The number of carbonyl (C=O) groups excluding carboxylic acids is 2. The molecule has 3 aromatic rings. The molecule has 0 aromatic heterocycles. The predicted octanol–water partition coefficient (Wildman–Crippen LogP) is 5.56. The average molecular weight is 465 g/mol. The Morgan fingerprint density at radius 1 is 0.818 bits per heavy atom. The molecule has 0 saturated heterocycles. The molecule has 0 fully saturated rings. The molecule has 0 radical (unpaired) electrons. The summed E-state index contributed by atoms with van der Waals surface area (Å²) < 4.78 is 0. The van der Waals surface area contributed by atoms with Crippen LogP contribution in [0.2, 0.25) is 5.02 Å². The summed E-state index contributed by atoms with van der Waals surface area (Å²) in [7, 11) is 0. The molecule has 6 nitrogen and oxygen atoms in total. The molecule has 0 aliphatic heterocycles. The zero-order valence-corrected chi connectivity index (χ0v) is 19.6. The number of hydrogen-bond acceptors (Lipinski definition) is 3. The van der Waals surface area contributed by atoms with E-state index in [2.05, 4.69) is 34.7 Å². The fourth-order valence-electron chi connectivity index (χ4n) is 3.49. The Labute approximate surface area is 200 Å². The Balaban J connectivity index is 1.70. The van der Waals surface area contributed by atoms with E-state index in [-0.39, 0.29) is 5.91 Å². The van der Waals surface area contributed by atoms with Crippen molar-refractivity contribution >= 4 is 40.6 Å². The van der Waals surface area contributed by atoms with Gasteiger partial charge in [0.2, 0.25) is 5.91 Å². The molecule has 172 valence electrons. The second kappa shape index (κ2) is 11.9. The van der Waals surface area contributed by atoms with Gasteiger partial charge in [-0.1, -0.05) is 41.9 Å². The van der Waals surface area contributed by atoms with Gasteiger partial charge < -0.3 is 20.9 Å². The van der Waals surface area contributed by atoms with Crippen LogP contribution in [0.15, 0.2) is 78.9 Å². The van der Waals surface area contributed by atoms with E-state index >= 15 is 0 Å². The minimum Gasteiger partial charge on any atom is -0.372 e. The third-order valence-corrected chi connectivity index (χ3v) is 5.52. The second-order valence-corrected chi connectivity index (χ2v) is 7.99. The molecule has 0 bridgehead atoms. The molecule has 0 aliphatic carbocycles. The maximum Gasteiger partial charge on any atom is 0.319 e. The van der Waals surface area contributed by atoms with Crippen molar-refractivity contribution in [3.05, 3.63) is 89.4 Å². The van der Waals surface area contributed by atoms with Crippen LogP contribution in [-0.2, 0) is 11.2 Å². The molecule has 3 N–H and O–H groups in total. The Hall–Kier alpha value is -3.51. The van der Waals surface area contributed by atoms with Crippen molar-refractivity contribution in [1.29, 1.82) is 0 Å². The molecule has 3 amide bonds. The van der Waals surface area contributed by atoms with Gasteiger partial charge in [-0.25, -0.2) is 4.79 Å². The maximum atomic E-state index is 13.1. The minimum atomic E-state index is -0.762. The molecule has 7 heteroatoms. The van der Waals surface area contributed by atoms with Crippen LogP contribution in [0, 0.1) is 0 Å². The predicted molar refractivity (Wildman–Crippen MR) is 136 cm³/mol. The van der Waals surface area contributed by atoms with Crippen molar-refractivity contribution in [3.8, 4) is 0 Å². The maximum absolute atomic E-state index is 13.1. The summed E-state index contributed by atoms with van der Waals surface area (Å²) in [5, 5.41) is 9.04. The topological polar surface area (TPSA) is 73.5 Å². The normalized spacial score (nSPS) is 11.4. The number of carbonyl (C=O) groups is 2. The molecular formula is C26H29ClN4O2. The van der Waals surface area contributed by atoms with Crippen molar-refractivity contribution < 1.29 is 9.59 Å². The van der Waals surface area contributed by atoms with Gasteiger partial charge in [0, 0.05) is 41.6 Å². The Morgan fingerprint density at radius 3 is 2.00 bits per heavy atom. The highest BCUT2D eigenvalue weighted by Crippen LogP contribution is 2.18. The Morgan fingerprint density at radius 2 is 1.39 bits per heavy atom. The van der Waals surface area contributed by atoms with E-state index in [9.17, 15) is 9.59 Å². The standard InChI is InChI=1S/C26H29ClN4O2/c1-3-31(4-2)23-16-14-21(15-17-23)28-25(32)24(18-19-8-6-5-7-9-19)30-26(33)29-22-12-10-20(27)11-13-22/h5-17,24H,3-4,18H2,1-2H3,(H,28,32)(H2,29,30,33). The summed E-state index contributed by atoms with van der Waals surface area (Å²) in [5.74, 6) is -0.291. The highest BCUT2D eigenvalue weighted by Gasteiger charge is 2.22. The van der Waals surface area contributed by atoms with Crippen LogP contribution >= 0.6 is 11.6 Å². The zero-order valence-electron chi connectivity index (χ0n) is 18.8. The summed E-state index contributed by atoms with van der Waals surface area (Å²) in [5.41, 5.74) is 3.30. The lowest BCUT2D eigenvalue weighted by Gasteiger charge is -2.22. The van der Waals surface area contributed by atoms with Crippen LogP contribution in [0.5, 0.6) is 0 Å². The molecule has 3 rings (SSSR count). The van der Waals surface area contributed by atoms with Gasteiger partial charge in [-0.2, -0.15) is 0 Å². The first kappa shape index (κ1) is 24.1. The smallest absolute Gasteiger partial charge is 0.319 e. The highest BCUT2D eigenvalue weighted by atomic mass is 35.5. The number of anilines is 3. The Bertz CT molecular complexity index is 1040. The highest BCUT2D eigenvalue weighted by molar-refractivity contribution is 6.30. The van der Waals surface area contributed by atoms with Crippen molar-refractivity contribution in [1.82, 2.24) is 5.32 Å². The number of rotatable bonds is 9. The summed E-state index contributed by atoms with van der Waals surface area (Å²) >= 11 is 5.90. The van der Waals surface area contributed by atoms with E-state index in [4.69, 9.17) is 11.6 Å². The molecule has 0 heterocycles. The first-order chi connectivity index (χ1) is 16.0. The lowest BCUT2D eigenvalue weighted by Crippen LogP contribution is -2.46. The van der Waals surface area contributed by atoms with E-state index in [0.717, 1.165) is 24.3 Å². The fraction of sp³-hybridized carbons (Fsp3) is 0.231. The summed E-state index contributed by atoms with van der Waals surface area (Å²) in [6.07, 6.45) is 0.359. The SMILES string of the molecule is CCN(CC)c1ccc(NC(=O)C(Cc2ccccc2)NC(=O)Nc2ccc(Cl)cc2)cc1. The molecular weight excluding hydrogens is 436 g/mol. The number of urea groups is 1. The van der Waals surface area contributed by atoms with Crippen LogP contribution in [0.4, 0.5) is 21.9 Å². The number of hydrogen-bond donors (Lipinski definition) is 3. The molecule has 3 aromatic carbocycles. The van der Waals surface area contributed by atoms with Gasteiger partial charge in [0.15, 0.2) is 0 Å². The van der Waals surface area contributed by atoms with E-state index in [0.29, 0.717) is 22.8 Å². The summed E-state index contributed by atoms with van der Waals surface area (Å²) in [6, 6.07) is 22.8. The molecule has 0 aliphatic rings. The fourth-order valence-corrected chi connectivity index (χ4v) is 3.62. The van der Waals surface area contributed by atoms with Crippen LogP contribution < -0.4 is 20.9 Å². The van der Waals surface area contributed by atoms with Crippen LogP contribution in [0.25, 0.3) is 0 Å². The first-order valence-corrected chi connectivity index (χ1v) is 11.4. The van der Waals surface area contributed by atoms with E-state index < -0.39 is 12.1 Å². The van der Waals surface area contributed by atoms with Crippen molar-refractivity contribution in [2.75, 3.05) is 28.6 Å². The lowest BCUT2D eigenvalue weighted by atomic mass is 10.1. The van der Waals surface area contributed by atoms with Crippen molar-refractivity contribution in [3.63, 3.8) is 0 Å². The minimum absolute atomic E-state index is 0.291. The monoisotopic (exact) mass is 464 g/mol. The number of benzene rings is 3. The number of halogens is 1. The number of nitrogens with one attached hydrogen (secondary N) is 3. The van der Waals surface area contributed by atoms with Crippen LogP contribution in [0.1, 0.15) is 19.4 Å². The lowest BCUT2D eigenvalue weighted by molar-refractivity contribution is -0.117. The van der Waals surface area contributed by atoms with Gasteiger partial charge in [0.05, 0.1) is 0 Å². The molecule has 33 heavy (non-hydrogen) atoms. The number of nitrogens with zero attached hydrogens (tertiary/aromatic N) is 1. The first-order valence-electron chi connectivity index (χ1n) is 11.0. The van der Waals surface area contributed by atoms with Gasteiger partial charge in [-0.3, -0.25) is 4.79 Å². The summed E-state index contributed by atoms with van der Waals surface area (Å²) in [4.78, 5) is 27.9. The van der Waals surface area contributed by atoms with Gasteiger partial charge >= 0.3 is 6.03 Å². The molecule has 0 saturated carbocycles. The molecule has 1 unspecified atom stereocenters. The van der Waals surface area contributed by atoms with E-state index in [1.807, 2.05) is 54.6 Å². The van der Waals surface area contributed by atoms with Crippen LogP contribution in [0.3, 0.4) is 0 Å². The van der Waals surface area contributed by atoms with Gasteiger partial charge in [-0.05, 0) is 67.9 Å². The third-order valence-electron chi connectivity index (χ3n) is 5.27. The molecule has 0 spiro atoms. The number of amides is 3. The van der Waals surface area contributed by atoms with Crippen molar-refractivity contribution in [2.24, 2.45) is 0 Å². The third kappa shape index (κ3) is 7.26.